The predicted molar refractivity (Wildman–Crippen MR) is 368 cm³/mol. The summed E-state index contributed by atoms with van der Waals surface area (Å²) in [6.07, 6.45) is 18.0. The molecule has 0 radical (unpaired) electrons. The van der Waals surface area contributed by atoms with Gasteiger partial charge >= 0.3 is 0 Å². The van der Waals surface area contributed by atoms with E-state index in [0.717, 1.165) is 12.8 Å². The van der Waals surface area contributed by atoms with Crippen LogP contribution in [0.2, 0.25) is 0 Å². The summed E-state index contributed by atoms with van der Waals surface area (Å²) in [7, 11) is 0. The van der Waals surface area contributed by atoms with Crippen molar-refractivity contribution in [3.8, 4) is 11.1 Å². The van der Waals surface area contributed by atoms with E-state index in [1.807, 2.05) is 12.4 Å². The first-order valence-electron chi connectivity index (χ1n) is 33.6. The molecule has 3 aliphatic heterocycles. The topological polar surface area (TPSA) is 22.6 Å². The number of pyridine rings is 1. The van der Waals surface area contributed by atoms with E-state index in [0.29, 0.717) is 0 Å². The molecule has 7 aromatic rings. The van der Waals surface area contributed by atoms with Gasteiger partial charge in [-0.05, 0) is 265 Å². The highest BCUT2D eigenvalue weighted by Gasteiger charge is 2.59. The van der Waals surface area contributed by atoms with E-state index < -0.39 is 0 Å². The fraction of sp³-hybridized carbons (Fsp3) is 0.494. The van der Waals surface area contributed by atoms with Crippen molar-refractivity contribution in [1.82, 2.24) is 4.98 Å². The van der Waals surface area contributed by atoms with Crippen LogP contribution in [0.4, 0.5) is 45.5 Å². The van der Waals surface area contributed by atoms with Gasteiger partial charge in [0.1, 0.15) is 0 Å². The number of benzene rings is 6. The predicted octanol–water partition coefficient (Wildman–Crippen LogP) is 20.0. The summed E-state index contributed by atoms with van der Waals surface area (Å²) in [6, 6.07) is 43.8. The minimum absolute atomic E-state index is 0.00542. The molecule has 86 heavy (non-hydrogen) atoms. The Hall–Kier alpha value is -6.07. The van der Waals surface area contributed by atoms with Gasteiger partial charge in [0.2, 0.25) is 0 Å². The van der Waals surface area contributed by atoms with E-state index in [1.54, 1.807) is 0 Å². The third kappa shape index (κ3) is 7.82. The van der Waals surface area contributed by atoms with Crippen molar-refractivity contribution in [2.24, 2.45) is 0 Å². The van der Waals surface area contributed by atoms with Crippen LogP contribution in [0.5, 0.6) is 0 Å². The summed E-state index contributed by atoms with van der Waals surface area (Å²) >= 11 is 0. The first-order valence-corrected chi connectivity index (χ1v) is 33.6. The van der Waals surface area contributed by atoms with Crippen LogP contribution in [0.1, 0.15) is 252 Å². The molecule has 1 saturated carbocycles. The van der Waals surface area contributed by atoms with Gasteiger partial charge in [-0.1, -0.05) is 161 Å². The van der Waals surface area contributed by atoms with Crippen molar-refractivity contribution in [3.63, 3.8) is 0 Å². The molecule has 1 fully saturated rings. The number of hydrogen-bond donors (Lipinski definition) is 0. The SMILES string of the molecule is CC1(C)CCC(C)(C)c2cc(N3c4cc5c(cc4B4c6cc7c(cc6N(c6ccc8c(c6)C(C)(C)CCC8(C)C)c6cc(N8c9ccc(-c%10ccncc%10)cc9C9(C)CCCCC89C)cc3c64)C(C)(C)CCC7(C)C)C(C)(C)CCC5(C)C)ccc21. The van der Waals surface area contributed by atoms with E-state index in [2.05, 4.69) is 247 Å². The third-order valence-corrected chi connectivity index (χ3v) is 25.6. The maximum atomic E-state index is 4.45. The molecule has 1 aromatic heterocycles. The Kier molecular flexibility index (Phi) is 11.7. The highest BCUT2D eigenvalue weighted by Crippen LogP contribution is 2.63. The number of hydrogen-bond acceptors (Lipinski definition) is 4. The minimum Gasteiger partial charge on any atom is -0.334 e. The lowest BCUT2D eigenvalue weighted by atomic mass is 9.32. The van der Waals surface area contributed by atoms with Crippen molar-refractivity contribution in [2.45, 2.75) is 256 Å². The molecule has 0 N–H and O–H groups in total. The van der Waals surface area contributed by atoms with Crippen molar-refractivity contribution in [2.75, 3.05) is 14.7 Å². The van der Waals surface area contributed by atoms with Crippen LogP contribution in [-0.2, 0) is 48.7 Å². The van der Waals surface area contributed by atoms with Crippen molar-refractivity contribution in [3.05, 3.63) is 166 Å². The van der Waals surface area contributed by atoms with Gasteiger partial charge in [-0.25, -0.2) is 0 Å². The second-order valence-electron chi connectivity index (χ2n) is 34.6. The summed E-state index contributed by atoms with van der Waals surface area (Å²) in [6.45, 7) is 45.5. The smallest absolute Gasteiger partial charge is 0.252 e. The number of anilines is 8. The van der Waals surface area contributed by atoms with Gasteiger partial charge < -0.3 is 14.7 Å². The van der Waals surface area contributed by atoms with E-state index >= 15 is 0 Å². The van der Waals surface area contributed by atoms with Crippen LogP contribution in [0, 0.1) is 0 Å². The van der Waals surface area contributed by atoms with Gasteiger partial charge in [-0.15, -0.1) is 0 Å². The van der Waals surface area contributed by atoms with Crippen LogP contribution in [0.15, 0.2) is 116 Å². The number of rotatable bonds is 4. The van der Waals surface area contributed by atoms with Crippen molar-refractivity contribution in [1.29, 1.82) is 0 Å². The second-order valence-corrected chi connectivity index (χ2v) is 34.6. The fourth-order valence-corrected chi connectivity index (χ4v) is 19.1. The quantitative estimate of drug-likeness (QED) is 0.164. The molecule has 2 atom stereocenters. The van der Waals surface area contributed by atoms with Gasteiger partial charge in [-0.3, -0.25) is 4.98 Å². The first kappa shape index (κ1) is 56.4. The molecule has 4 nitrogen and oxygen atoms in total. The molecule has 5 heteroatoms. The van der Waals surface area contributed by atoms with E-state index in [-0.39, 0.29) is 61.0 Å². The molecule has 2 unspecified atom stereocenters. The Balaban J connectivity index is 1.10. The summed E-state index contributed by atoms with van der Waals surface area (Å²) in [5.74, 6) is 0. The Morgan fingerprint density at radius 3 is 1.15 bits per heavy atom. The summed E-state index contributed by atoms with van der Waals surface area (Å²) in [5, 5.41) is 0. The lowest BCUT2D eigenvalue weighted by molar-refractivity contribution is 0.195. The lowest BCUT2D eigenvalue weighted by Gasteiger charge is -2.52. The first-order chi connectivity index (χ1) is 40.3. The van der Waals surface area contributed by atoms with Crippen LogP contribution in [0.25, 0.3) is 11.1 Å². The van der Waals surface area contributed by atoms with Gasteiger partial charge in [-0.2, -0.15) is 0 Å². The average Bonchev–Trinajstić information content (AvgIpc) is 1.11. The maximum absolute atomic E-state index is 4.45. The van der Waals surface area contributed by atoms with Gasteiger partial charge in [0, 0.05) is 63.3 Å². The molecule has 15 rings (SSSR count). The van der Waals surface area contributed by atoms with Crippen LogP contribution >= 0.6 is 0 Å². The Bertz CT molecular complexity index is 3840. The van der Waals surface area contributed by atoms with E-state index in [9.17, 15) is 0 Å². The zero-order chi connectivity index (χ0) is 60.6. The molecule has 0 amide bonds. The molecule has 4 heterocycles. The summed E-state index contributed by atoms with van der Waals surface area (Å²) < 4.78 is 0. The molecule has 0 saturated heterocycles. The Labute approximate surface area is 518 Å². The average molecular weight is 1140 g/mol. The molecular weight excluding hydrogens is 1040 g/mol. The van der Waals surface area contributed by atoms with Crippen LogP contribution in [0.3, 0.4) is 0 Å². The standard InChI is InChI=1S/C81H97BN4/c1-72(2)31-33-74(5,6)57-42-52(22-24-55(57)72)84-67-48-61-59(76(9,10)35-37-78(61,13)14)46-64(67)82-65-47-60-62(79(15,16)38-36-77(60,11)12)49-68(65)85(53-23-25-56-58(43-53)75(7,8)34-32-73(56,3)4)70-45-54(44-69(84)71(70)82)86-66-26-21-51(50-27-39-83-40-28-50)41-63(66)80(17)29-19-20-30-81(80,86)18/h21-28,39-49H,19-20,29-38H2,1-18H3. The van der Waals surface area contributed by atoms with Gasteiger partial charge in [0.25, 0.3) is 6.71 Å². The zero-order valence-corrected chi connectivity index (χ0v) is 55.8. The largest absolute Gasteiger partial charge is 0.334 e. The highest BCUT2D eigenvalue weighted by atomic mass is 15.3. The number of nitrogens with zero attached hydrogens (tertiary/aromatic N) is 4. The number of fused-ring (bicyclic) bond motifs is 11. The molecule has 6 aromatic carbocycles. The Morgan fingerprint density at radius 2 is 0.709 bits per heavy atom. The maximum Gasteiger partial charge on any atom is 0.252 e. The van der Waals surface area contributed by atoms with Crippen molar-refractivity contribution < 1.29 is 0 Å². The van der Waals surface area contributed by atoms with Crippen LogP contribution in [-0.4, -0.2) is 17.2 Å². The minimum atomic E-state index is -0.189. The molecule has 5 aliphatic carbocycles. The van der Waals surface area contributed by atoms with Gasteiger partial charge in [0.15, 0.2) is 0 Å². The lowest BCUT2D eigenvalue weighted by Crippen LogP contribution is -2.62. The summed E-state index contributed by atoms with van der Waals surface area (Å²) in [4.78, 5) is 13.0. The van der Waals surface area contributed by atoms with Crippen molar-refractivity contribution >= 4 is 68.6 Å². The Morgan fingerprint density at radius 1 is 0.314 bits per heavy atom. The number of aromatic nitrogens is 1. The van der Waals surface area contributed by atoms with E-state index in [4.69, 9.17) is 0 Å². The summed E-state index contributed by atoms with van der Waals surface area (Å²) in [5.41, 5.74) is 31.1. The zero-order valence-electron chi connectivity index (χ0n) is 55.8. The molecule has 444 valence electrons. The molecule has 0 bridgehead atoms. The second kappa shape index (κ2) is 17.8. The third-order valence-electron chi connectivity index (χ3n) is 25.6. The molecule has 8 aliphatic rings. The fourth-order valence-electron chi connectivity index (χ4n) is 19.1. The highest BCUT2D eigenvalue weighted by molar-refractivity contribution is 7.00. The monoisotopic (exact) mass is 1140 g/mol. The molecular formula is C81H97BN4. The van der Waals surface area contributed by atoms with Crippen LogP contribution < -0.4 is 31.1 Å². The molecule has 0 spiro atoms. The van der Waals surface area contributed by atoms with Gasteiger partial charge in [0.05, 0.1) is 5.54 Å². The normalized spacial score (nSPS) is 25.5. The van der Waals surface area contributed by atoms with E-state index in [1.165, 1.54) is 187 Å².